The first-order valence-electron chi connectivity index (χ1n) is 6.21. The zero-order chi connectivity index (χ0) is 15.3. The molecule has 0 spiro atoms. The predicted molar refractivity (Wildman–Crippen MR) is 74.7 cm³/mol. The van der Waals surface area contributed by atoms with Gasteiger partial charge in [-0.2, -0.15) is 0 Å². The molecule has 6 nitrogen and oxygen atoms in total. The van der Waals surface area contributed by atoms with Crippen LogP contribution in [-0.2, 0) is 4.79 Å². The minimum atomic E-state index is -0.902. The molecule has 1 aromatic carbocycles. The maximum absolute atomic E-state index is 11.0. The van der Waals surface area contributed by atoms with Crippen LogP contribution in [0.25, 0.3) is 0 Å². The number of hydrogen-bond donors (Lipinski definition) is 2. The Morgan fingerprint density at radius 1 is 1.20 bits per heavy atom. The van der Waals surface area contributed by atoms with Gasteiger partial charge in [0.1, 0.15) is 0 Å². The van der Waals surface area contributed by atoms with Crippen LogP contribution >= 0.6 is 0 Å². The number of methoxy groups -OCH3 is 3. The van der Waals surface area contributed by atoms with Gasteiger partial charge in [-0.25, -0.2) is 0 Å². The second kappa shape index (κ2) is 7.00. The SMILES string of the molecule is COc1cc(C(CC(=O)O)C(C)N)cc(OC)c1OC. The third-order valence-corrected chi connectivity index (χ3v) is 3.14. The van der Waals surface area contributed by atoms with Crippen molar-refractivity contribution in [3.63, 3.8) is 0 Å². The highest BCUT2D eigenvalue weighted by Gasteiger charge is 2.23. The first-order chi connectivity index (χ1) is 9.44. The number of carboxylic acid groups (broad SMARTS) is 1. The fourth-order valence-corrected chi connectivity index (χ4v) is 2.11. The van der Waals surface area contributed by atoms with Crippen molar-refractivity contribution in [3.05, 3.63) is 17.7 Å². The lowest BCUT2D eigenvalue weighted by Gasteiger charge is -2.22. The Labute approximate surface area is 118 Å². The Bertz CT molecular complexity index is 448. The summed E-state index contributed by atoms with van der Waals surface area (Å²) in [6, 6.07) is 3.16. The molecule has 1 aromatic rings. The zero-order valence-corrected chi connectivity index (χ0v) is 12.2. The molecule has 0 aliphatic heterocycles. The van der Waals surface area contributed by atoms with Gasteiger partial charge >= 0.3 is 5.97 Å². The highest BCUT2D eigenvalue weighted by Crippen LogP contribution is 2.41. The summed E-state index contributed by atoms with van der Waals surface area (Å²) in [5.41, 5.74) is 6.64. The van der Waals surface area contributed by atoms with Gasteiger partial charge in [-0.05, 0) is 24.6 Å². The van der Waals surface area contributed by atoms with Gasteiger partial charge in [0.25, 0.3) is 0 Å². The van der Waals surface area contributed by atoms with Crippen molar-refractivity contribution < 1.29 is 24.1 Å². The number of carbonyl (C=O) groups is 1. The minimum absolute atomic E-state index is 0.0592. The molecule has 0 aliphatic rings. The Kier molecular flexibility index (Phi) is 5.64. The molecule has 1 rings (SSSR count). The topological polar surface area (TPSA) is 91.0 Å². The Balaban J connectivity index is 3.31. The summed E-state index contributed by atoms with van der Waals surface area (Å²) in [6.45, 7) is 1.77. The second-order valence-corrected chi connectivity index (χ2v) is 4.52. The molecular formula is C14H21NO5. The highest BCUT2D eigenvalue weighted by atomic mass is 16.5. The van der Waals surface area contributed by atoms with Crippen LogP contribution in [0.4, 0.5) is 0 Å². The van der Waals surface area contributed by atoms with E-state index in [4.69, 9.17) is 25.1 Å². The van der Waals surface area contributed by atoms with E-state index >= 15 is 0 Å². The summed E-state index contributed by atoms with van der Waals surface area (Å²) in [4.78, 5) is 11.0. The van der Waals surface area contributed by atoms with Crippen LogP contribution in [0.1, 0.15) is 24.8 Å². The number of ether oxygens (including phenoxy) is 3. The van der Waals surface area contributed by atoms with E-state index in [2.05, 4.69) is 0 Å². The molecule has 20 heavy (non-hydrogen) atoms. The first-order valence-corrected chi connectivity index (χ1v) is 6.21. The summed E-state index contributed by atoms with van der Waals surface area (Å²) in [6.07, 6.45) is -0.0592. The number of nitrogens with two attached hydrogens (primary N) is 1. The molecule has 0 fully saturated rings. The van der Waals surface area contributed by atoms with E-state index in [1.165, 1.54) is 21.3 Å². The zero-order valence-electron chi connectivity index (χ0n) is 12.2. The average molecular weight is 283 g/mol. The van der Waals surface area contributed by atoms with E-state index in [0.29, 0.717) is 17.2 Å². The van der Waals surface area contributed by atoms with Crippen LogP contribution in [0.2, 0.25) is 0 Å². The largest absolute Gasteiger partial charge is 0.493 e. The minimum Gasteiger partial charge on any atom is -0.493 e. The van der Waals surface area contributed by atoms with Gasteiger partial charge in [0.2, 0.25) is 5.75 Å². The van der Waals surface area contributed by atoms with E-state index in [9.17, 15) is 4.79 Å². The molecule has 0 saturated heterocycles. The average Bonchev–Trinajstić information content (AvgIpc) is 2.42. The molecule has 2 atom stereocenters. The van der Waals surface area contributed by atoms with Gasteiger partial charge in [0.15, 0.2) is 11.5 Å². The van der Waals surface area contributed by atoms with Crippen molar-refractivity contribution in [2.75, 3.05) is 21.3 Å². The molecule has 0 radical (unpaired) electrons. The van der Waals surface area contributed by atoms with Gasteiger partial charge in [0.05, 0.1) is 27.8 Å². The summed E-state index contributed by atoms with van der Waals surface area (Å²) in [5.74, 6) is 0.204. The summed E-state index contributed by atoms with van der Waals surface area (Å²) >= 11 is 0. The summed E-state index contributed by atoms with van der Waals surface area (Å²) < 4.78 is 15.8. The van der Waals surface area contributed by atoms with Gasteiger partial charge in [-0.3, -0.25) is 4.79 Å². The highest BCUT2D eigenvalue weighted by molar-refractivity contribution is 5.68. The standard InChI is InChI=1S/C14H21NO5/c1-8(15)10(7-13(16)17)9-5-11(18-2)14(20-4)12(6-9)19-3/h5-6,8,10H,7,15H2,1-4H3,(H,16,17). The molecule has 112 valence electrons. The number of benzene rings is 1. The fourth-order valence-electron chi connectivity index (χ4n) is 2.11. The number of rotatable bonds is 7. The number of carboxylic acids is 1. The van der Waals surface area contributed by atoms with Gasteiger partial charge < -0.3 is 25.1 Å². The molecular weight excluding hydrogens is 262 g/mol. The van der Waals surface area contributed by atoms with Crippen LogP contribution in [0.15, 0.2) is 12.1 Å². The first kappa shape index (κ1) is 16.1. The lowest BCUT2D eigenvalue weighted by Crippen LogP contribution is -2.27. The third kappa shape index (κ3) is 3.54. The van der Waals surface area contributed by atoms with Crippen LogP contribution in [-0.4, -0.2) is 38.4 Å². The Morgan fingerprint density at radius 2 is 1.70 bits per heavy atom. The molecule has 0 amide bonds. The molecule has 2 unspecified atom stereocenters. The molecule has 3 N–H and O–H groups in total. The Hall–Kier alpha value is -1.95. The van der Waals surface area contributed by atoms with E-state index in [1.807, 2.05) is 0 Å². The monoisotopic (exact) mass is 283 g/mol. The lowest BCUT2D eigenvalue weighted by atomic mass is 9.89. The molecule has 0 bridgehead atoms. The van der Waals surface area contributed by atoms with E-state index in [-0.39, 0.29) is 18.4 Å². The maximum Gasteiger partial charge on any atom is 0.304 e. The van der Waals surface area contributed by atoms with Crippen molar-refractivity contribution >= 4 is 5.97 Å². The van der Waals surface area contributed by atoms with Gasteiger partial charge in [-0.15, -0.1) is 0 Å². The van der Waals surface area contributed by atoms with Crippen LogP contribution in [0.3, 0.4) is 0 Å². The number of hydrogen-bond acceptors (Lipinski definition) is 5. The van der Waals surface area contributed by atoms with E-state index < -0.39 is 5.97 Å². The summed E-state index contributed by atoms with van der Waals surface area (Å²) in [7, 11) is 4.54. The van der Waals surface area contributed by atoms with Gasteiger partial charge in [-0.1, -0.05) is 0 Å². The molecule has 0 saturated carbocycles. The van der Waals surface area contributed by atoms with Crippen molar-refractivity contribution in [1.82, 2.24) is 0 Å². The van der Waals surface area contributed by atoms with Crippen molar-refractivity contribution in [2.45, 2.75) is 25.3 Å². The molecule has 0 heterocycles. The van der Waals surface area contributed by atoms with Crippen LogP contribution in [0.5, 0.6) is 17.2 Å². The van der Waals surface area contributed by atoms with Crippen molar-refractivity contribution in [3.8, 4) is 17.2 Å². The lowest BCUT2D eigenvalue weighted by molar-refractivity contribution is -0.137. The van der Waals surface area contributed by atoms with Crippen molar-refractivity contribution in [2.24, 2.45) is 5.73 Å². The Morgan fingerprint density at radius 3 is 2.00 bits per heavy atom. The molecule has 0 aliphatic carbocycles. The van der Waals surface area contributed by atoms with Crippen molar-refractivity contribution in [1.29, 1.82) is 0 Å². The molecule has 0 aromatic heterocycles. The summed E-state index contributed by atoms with van der Waals surface area (Å²) in [5, 5.41) is 9.01. The smallest absolute Gasteiger partial charge is 0.304 e. The van der Waals surface area contributed by atoms with Crippen LogP contribution in [0, 0.1) is 0 Å². The normalized spacial score (nSPS) is 13.4. The second-order valence-electron chi connectivity index (χ2n) is 4.52. The predicted octanol–water partition coefficient (Wildman–Crippen LogP) is 1.62. The third-order valence-electron chi connectivity index (χ3n) is 3.14. The fraction of sp³-hybridized carbons (Fsp3) is 0.500. The molecule has 6 heteroatoms. The quantitative estimate of drug-likeness (QED) is 0.790. The van der Waals surface area contributed by atoms with Gasteiger partial charge in [0, 0.05) is 12.0 Å². The number of aliphatic carboxylic acids is 1. The van der Waals surface area contributed by atoms with Crippen LogP contribution < -0.4 is 19.9 Å². The van der Waals surface area contributed by atoms with E-state index in [0.717, 1.165) is 5.56 Å². The maximum atomic E-state index is 11.0. The van der Waals surface area contributed by atoms with E-state index in [1.54, 1.807) is 19.1 Å².